The van der Waals surface area contributed by atoms with Crippen LogP contribution < -0.4 is 16.4 Å². The fraction of sp³-hybridized carbons (Fsp3) is 0.348. The molecule has 5 rings (SSSR count). The Morgan fingerprint density at radius 2 is 2.16 bits per heavy atom. The van der Waals surface area contributed by atoms with Crippen LogP contribution in [0.2, 0.25) is 0 Å². The van der Waals surface area contributed by atoms with Crippen LogP contribution in [0.1, 0.15) is 31.2 Å². The number of nitrogen functional groups attached to an aromatic ring is 1. The lowest BCUT2D eigenvalue weighted by atomic mass is 9.94. The number of fused-ring (bicyclic) bond motifs is 1. The third-order valence-electron chi connectivity index (χ3n) is 6.61. The number of nitrogens with zero attached hydrogens (tertiary/aromatic N) is 3. The fourth-order valence-corrected chi connectivity index (χ4v) is 4.62. The average molecular weight is 416 g/mol. The molecule has 1 aliphatic carbocycles. The molecule has 4 N–H and O–H groups in total. The van der Waals surface area contributed by atoms with Gasteiger partial charge in [-0.3, -0.25) is 14.6 Å². The van der Waals surface area contributed by atoms with Crippen molar-refractivity contribution in [3.8, 4) is 11.3 Å². The fourth-order valence-electron chi connectivity index (χ4n) is 4.62. The largest absolute Gasteiger partial charge is 0.383 e. The third-order valence-corrected chi connectivity index (χ3v) is 6.61. The van der Waals surface area contributed by atoms with E-state index in [0.29, 0.717) is 24.6 Å². The molecule has 3 aromatic rings. The molecule has 2 atom stereocenters. The van der Waals surface area contributed by atoms with Crippen molar-refractivity contribution in [3.63, 3.8) is 0 Å². The van der Waals surface area contributed by atoms with Gasteiger partial charge in [0.25, 0.3) is 0 Å². The van der Waals surface area contributed by atoms with Gasteiger partial charge in [0, 0.05) is 48.4 Å². The molecule has 2 amide bonds. The Balaban J connectivity index is 1.39. The second-order valence-corrected chi connectivity index (χ2v) is 8.58. The SMILES string of the molecule is Cc1ccncc1-c1cc2cc(NC(=O)[C@@H]3C[C@]34CCNC(=O)CC4)ncc2c(N)n1. The Bertz CT molecular complexity index is 1210. The predicted octanol–water partition coefficient (Wildman–Crippen LogP) is 2.83. The van der Waals surface area contributed by atoms with E-state index in [4.69, 9.17) is 5.73 Å². The first-order valence-corrected chi connectivity index (χ1v) is 10.5. The summed E-state index contributed by atoms with van der Waals surface area (Å²) in [6.07, 6.45) is 8.07. The summed E-state index contributed by atoms with van der Waals surface area (Å²) in [5.74, 6) is 0.838. The van der Waals surface area contributed by atoms with Gasteiger partial charge in [0.15, 0.2) is 0 Å². The summed E-state index contributed by atoms with van der Waals surface area (Å²) in [7, 11) is 0. The predicted molar refractivity (Wildman–Crippen MR) is 118 cm³/mol. The van der Waals surface area contributed by atoms with E-state index in [9.17, 15) is 9.59 Å². The molecule has 3 aromatic heterocycles. The van der Waals surface area contributed by atoms with Crippen molar-refractivity contribution in [2.24, 2.45) is 11.3 Å². The Morgan fingerprint density at radius 1 is 1.29 bits per heavy atom. The number of anilines is 2. The number of aromatic nitrogens is 3. The van der Waals surface area contributed by atoms with Crippen LogP contribution in [0.25, 0.3) is 22.0 Å². The van der Waals surface area contributed by atoms with E-state index in [-0.39, 0.29) is 23.1 Å². The first kappa shape index (κ1) is 19.4. The molecule has 1 saturated carbocycles. The number of nitrogens with one attached hydrogen (secondary N) is 2. The minimum absolute atomic E-state index is 0.0356. The van der Waals surface area contributed by atoms with Crippen LogP contribution in [-0.4, -0.2) is 33.3 Å². The topological polar surface area (TPSA) is 123 Å². The van der Waals surface area contributed by atoms with Gasteiger partial charge in [0.1, 0.15) is 11.6 Å². The second-order valence-electron chi connectivity index (χ2n) is 8.58. The maximum Gasteiger partial charge on any atom is 0.229 e. The Hall–Kier alpha value is -3.55. The molecule has 0 radical (unpaired) electrons. The normalized spacial score (nSPS) is 22.7. The molecule has 8 nitrogen and oxygen atoms in total. The molecule has 1 spiro atoms. The Morgan fingerprint density at radius 3 is 3.00 bits per heavy atom. The van der Waals surface area contributed by atoms with Crippen molar-refractivity contribution in [1.29, 1.82) is 0 Å². The molecule has 0 unspecified atom stereocenters. The summed E-state index contributed by atoms with van der Waals surface area (Å²) in [4.78, 5) is 37.6. The number of carbonyl (C=O) groups excluding carboxylic acids is 2. The molecule has 31 heavy (non-hydrogen) atoms. The van der Waals surface area contributed by atoms with Gasteiger partial charge in [-0.25, -0.2) is 9.97 Å². The van der Waals surface area contributed by atoms with Crippen LogP contribution in [0.5, 0.6) is 0 Å². The van der Waals surface area contributed by atoms with E-state index in [0.717, 1.165) is 46.9 Å². The van der Waals surface area contributed by atoms with Crippen LogP contribution in [0.3, 0.4) is 0 Å². The highest BCUT2D eigenvalue weighted by molar-refractivity contribution is 5.99. The summed E-state index contributed by atoms with van der Waals surface area (Å²) >= 11 is 0. The van der Waals surface area contributed by atoms with Crippen LogP contribution >= 0.6 is 0 Å². The molecule has 1 saturated heterocycles. The molecular weight excluding hydrogens is 392 g/mol. The first-order valence-electron chi connectivity index (χ1n) is 10.5. The molecule has 1 aliphatic heterocycles. The molecule has 8 heteroatoms. The van der Waals surface area contributed by atoms with Gasteiger partial charge in [0.05, 0.1) is 5.69 Å². The van der Waals surface area contributed by atoms with Crippen molar-refractivity contribution < 1.29 is 9.59 Å². The standard InChI is InChI=1S/C23H24N6O2/c1-13-3-6-25-11-15(13)18-8-14-9-19(27-12-16(14)21(24)28-18)29-22(31)17-10-23(17)4-2-20(30)26-7-5-23/h3,6,8-9,11-12,17H,2,4-5,7,10H2,1H3,(H2,24,28)(H,26,30)(H,27,29,31)/t17-,23-/m0/s1. The van der Waals surface area contributed by atoms with E-state index < -0.39 is 0 Å². The zero-order valence-corrected chi connectivity index (χ0v) is 17.3. The van der Waals surface area contributed by atoms with E-state index in [1.165, 1.54) is 0 Å². The third kappa shape index (κ3) is 3.58. The number of rotatable bonds is 3. The molecule has 4 heterocycles. The van der Waals surface area contributed by atoms with Gasteiger partial charge in [-0.05, 0) is 60.7 Å². The van der Waals surface area contributed by atoms with Crippen LogP contribution in [0.15, 0.2) is 36.8 Å². The van der Waals surface area contributed by atoms with Crippen molar-refractivity contribution in [2.45, 2.75) is 32.6 Å². The number of pyridine rings is 3. The van der Waals surface area contributed by atoms with Gasteiger partial charge in [0.2, 0.25) is 11.8 Å². The monoisotopic (exact) mass is 416 g/mol. The van der Waals surface area contributed by atoms with Gasteiger partial charge in [-0.2, -0.15) is 0 Å². The quantitative estimate of drug-likeness (QED) is 0.603. The van der Waals surface area contributed by atoms with Gasteiger partial charge >= 0.3 is 0 Å². The number of hydrogen-bond acceptors (Lipinski definition) is 6. The smallest absolute Gasteiger partial charge is 0.229 e. The average Bonchev–Trinajstić information content (AvgIpc) is 3.50. The summed E-state index contributed by atoms with van der Waals surface area (Å²) in [5, 5.41) is 7.44. The van der Waals surface area contributed by atoms with Crippen molar-refractivity contribution >= 4 is 34.2 Å². The maximum atomic E-state index is 12.9. The number of aryl methyl sites for hydroxylation is 1. The minimum atomic E-state index is -0.0752. The molecule has 0 aromatic carbocycles. The van der Waals surface area contributed by atoms with Crippen molar-refractivity contribution in [1.82, 2.24) is 20.3 Å². The molecule has 2 fully saturated rings. The highest BCUT2D eigenvalue weighted by atomic mass is 16.2. The number of carbonyl (C=O) groups is 2. The summed E-state index contributed by atoms with van der Waals surface area (Å²) in [5.41, 5.74) is 8.82. The number of amides is 2. The van der Waals surface area contributed by atoms with E-state index in [2.05, 4.69) is 25.6 Å². The highest BCUT2D eigenvalue weighted by Crippen LogP contribution is 2.59. The molecule has 158 valence electrons. The number of nitrogens with two attached hydrogens (primary N) is 1. The lowest BCUT2D eigenvalue weighted by molar-refractivity contribution is -0.121. The van der Waals surface area contributed by atoms with Crippen molar-refractivity contribution in [3.05, 3.63) is 42.4 Å². The van der Waals surface area contributed by atoms with E-state index in [1.807, 2.05) is 25.1 Å². The molecule has 0 bridgehead atoms. The Kier molecular flexibility index (Phi) is 4.57. The number of hydrogen-bond donors (Lipinski definition) is 3. The summed E-state index contributed by atoms with van der Waals surface area (Å²) in [6.45, 7) is 2.64. The summed E-state index contributed by atoms with van der Waals surface area (Å²) < 4.78 is 0. The van der Waals surface area contributed by atoms with Gasteiger partial charge < -0.3 is 16.4 Å². The van der Waals surface area contributed by atoms with Gasteiger partial charge in [-0.15, -0.1) is 0 Å². The van der Waals surface area contributed by atoms with Crippen LogP contribution in [-0.2, 0) is 9.59 Å². The maximum absolute atomic E-state index is 12.9. The lowest BCUT2D eigenvalue weighted by Crippen LogP contribution is -2.22. The lowest BCUT2D eigenvalue weighted by Gasteiger charge is -2.13. The summed E-state index contributed by atoms with van der Waals surface area (Å²) in [6, 6.07) is 5.69. The van der Waals surface area contributed by atoms with Crippen LogP contribution in [0.4, 0.5) is 11.6 Å². The second kappa shape index (κ2) is 7.30. The first-order chi connectivity index (χ1) is 14.9. The Labute approximate surface area is 179 Å². The zero-order valence-electron chi connectivity index (χ0n) is 17.3. The van der Waals surface area contributed by atoms with E-state index in [1.54, 1.807) is 18.6 Å². The zero-order chi connectivity index (χ0) is 21.6. The van der Waals surface area contributed by atoms with Gasteiger partial charge in [-0.1, -0.05) is 0 Å². The van der Waals surface area contributed by atoms with Crippen molar-refractivity contribution in [2.75, 3.05) is 17.6 Å². The molecular formula is C23H24N6O2. The minimum Gasteiger partial charge on any atom is -0.383 e. The van der Waals surface area contributed by atoms with E-state index >= 15 is 0 Å². The van der Waals surface area contributed by atoms with Crippen LogP contribution in [0, 0.1) is 18.3 Å². The molecule has 2 aliphatic rings. The highest BCUT2D eigenvalue weighted by Gasteiger charge is 2.57.